The molecule has 1 amide bonds. The van der Waals surface area contributed by atoms with Gasteiger partial charge in [0.25, 0.3) is 0 Å². The van der Waals surface area contributed by atoms with Crippen LogP contribution < -0.4 is 0 Å². The smallest absolute Gasteiger partial charge is 0.230 e. The minimum atomic E-state index is -0.723. The first-order valence-electron chi connectivity index (χ1n) is 8.69. The lowest BCUT2D eigenvalue weighted by Crippen LogP contribution is -2.50. The van der Waals surface area contributed by atoms with Gasteiger partial charge in [-0.25, -0.2) is 0 Å². The number of nitrogens with zero attached hydrogens (tertiary/aromatic N) is 2. The van der Waals surface area contributed by atoms with Crippen LogP contribution in [0.15, 0.2) is 54.6 Å². The fourth-order valence-corrected chi connectivity index (χ4v) is 4.68. The molecule has 1 fully saturated rings. The van der Waals surface area contributed by atoms with Crippen molar-refractivity contribution in [2.45, 2.75) is 25.1 Å². The van der Waals surface area contributed by atoms with E-state index in [2.05, 4.69) is 35.9 Å². The van der Waals surface area contributed by atoms with Gasteiger partial charge in [-0.2, -0.15) is 0 Å². The predicted octanol–water partition coefficient (Wildman–Crippen LogP) is 3.51. The van der Waals surface area contributed by atoms with Crippen LogP contribution in [0.3, 0.4) is 0 Å². The Labute approximate surface area is 146 Å². The van der Waals surface area contributed by atoms with Gasteiger partial charge < -0.3 is 9.30 Å². The molecule has 0 saturated carbocycles. The van der Waals surface area contributed by atoms with Crippen molar-refractivity contribution in [1.82, 2.24) is 9.47 Å². The first kappa shape index (κ1) is 14.7. The Balaban J connectivity index is 1.72. The van der Waals surface area contributed by atoms with E-state index in [1.54, 1.807) is 0 Å². The normalized spacial score (nSPS) is 25.3. The number of carbonyl (C=O) groups excluding carboxylic acids is 1. The lowest BCUT2D eigenvalue weighted by molar-refractivity contribution is -0.153. The van der Waals surface area contributed by atoms with E-state index in [0.717, 1.165) is 27.7 Å². The Morgan fingerprint density at radius 2 is 1.80 bits per heavy atom. The Bertz CT molecular complexity index is 992. The van der Waals surface area contributed by atoms with Crippen LogP contribution in [0.2, 0.25) is 0 Å². The van der Waals surface area contributed by atoms with Crippen LogP contribution >= 0.6 is 0 Å². The topological polar surface area (TPSA) is 34.5 Å². The number of ether oxygens (including phenoxy) is 1. The molecule has 0 unspecified atom stereocenters. The SMILES string of the molecule is Cn1c2c(c3ccccc31)CC(=O)N1[C@H](c3ccccc3)CO[C@@]21C. The molecular formula is C21H20N2O2. The summed E-state index contributed by atoms with van der Waals surface area (Å²) in [5, 5.41) is 1.15. The minimum Gasteiger partial charge on any atom is -0.347 e. The van der Waals surface area contributed by atoms with Crippen molar-refractivity contribution >= 4 is 16.8 Å². The summed E-state index contributed by atoms with van der Waals surface area (Å²) in [6.45, 7) is 2.55. The summed E-state index contributed by atoms with van der Waals surface area (Å²) in [7, 11) is 2.07. The molecule has 126 valence electrons. The van der Waals surface area contributed by atoms with Gasteiger partial charge in [0.05, 0.1) is 24.8 Å². The van der Waals surface area contributed by atoms with Crippen molar-refractivity contribution in [2.75, 3.05) is 6.61 Å². The molecule has 2 aliphatic heterocycles. The molecule has 3 aromatic rings. The Morgan fingerprint density at radius 1 is 1.08 bits per heavy atom. The largest absolute Gasteiger partial charge is 0.347 e. The van der Waals surface area contributed by atoms with Crippen LogP contribution in [0.5, 0.6) is 0 Å². The minimum absolute atomic E-state index is 0.0372. The molecule has 2 aromatic carbocycles. The fourth-order valence-electron chi connectivity index (χ4n) is 4.68. The second-order valence-electron chi connectivity index (χ2n) is 7.06. The van der Waals surface area contributed by atoms with Gasteiger partial charge in [0.15, 0.2) is 5.72 Å². The second kappa shape index (κ2) is 4.96. The second-order valence-corrected chi connectivity index (χ2v) is 7.06. The molecule has 0 spiro atoms. The van der Waals surface area contributed by atoms with E-state index >= 15 is 0 Å². The summed E-state index contributed by atoms with van der Waals surface area (Å²) >= 11 is 0. The van der Waals surface area contributed by atoms with E-state index in [9.17, 15) is 4.79 Å². The Hall–Kier alpha value is -2.59. The summed E-state index contributed by atoms with van der Waals surface area (Å²) in [4.78, 5) is 15.1. The Kier molecular flexibility index (Phi) is 2.92. The van der Waals surface area contributed by atoms with Crippen LogP contribution in [0.25, 0.3) is 10.9 Å². The number of aromatic nitrogens is 1. The average Bonchev–Trinajstić information content (AvgIpc) is 3.13. The quantitative estimate of drug-likeness (QED) is 0.683. The van der Waals surface area contributed by atoms with E-state index < -0.39 is 5.72 Å². The molecule has 4 heteroatoms. The number of aryl methyl sites for hydroxylation is 1. The van der Waals surface area contributed by atoms with Gasteiger partial charge >= 0.3 is 0 Å². The molecular weight excluding hydrogens is 312 g/mol. The monoisotopic (exact) mass is 332 g/mol. The molecule has 3 heterocycles. The summed E-state index contributed by atoms with van der Waals surface area (Å²) < 4.78 is 8.49. The third-order valence-corrected chi connectivity index (χ3v) is 5.73. The predicted molar refractivity (Wildman–Crippen MR) is 96.0 cm³/mol. The zero-order chi connectivity index (χ0) is 17.2. The fraction of sp³-hybridized carbons (Fsp3) is 0.286. The number of benzene rings is 2. The highest BCUT2D eigenvalue weighted by atomic mass is 16.5. The first-order valence-corrected chi connectivity index (χ1v) is 8.69. The van der Waals surface area contributed by atoms with E-state index in [1.165, 1.54) is 0 Å². The molecule has 4 nitrogen and oxygen atoms in total. The maximum atomic E-state index is 13.1. The van der Waals surface area contributed by atoms with Crippen molar-refractivity contribution in [3.8, 4) is 0 Å². The maximum Gasteiger partial charge on any atom is 0.230 e. The van der Waals surface area contributed by atoms with Crippen LogP contribution in [0.4, 0.5) is 0 Å². The van der Waals surface area contributed by atoms with E-state index in [1.807, 2.05) is 42.2 Å². The van der Waals surface area contributed by atoms with Crippen LogP contribution in [-0.2, 0) is 28.7 Å². The number of carbonyl (C=O) groups is 1. The lowest BCUT2D eigenvalue weighted by Gasteiger charge is -2.41. The molecule has 1 saturated heterocycles. The summed E-state index contributed by atoms with van der Waals surface area (Å²) in [5.74, 6) is 0.137. The molecule has 25 heavy (non-hydrogen) atoms. The molecule has 0 bridgehead atoms. The van der Waals surface area contributed by atoms with Crippen LogP contribution in [0.1, 0.15) is 29.8 Å². The van der Waals surface area contributed by atoms with Crippen LogP contribution in [-0.4, -0.2) is 22.0 Å². The van der Waals surface area contributed by atoms with E-state index in [-0.39, 0.29) is 11.9 Å². The maximum absolute atomic E-state index is 13.1. The standard InChI is InChI=1S/C21H20N2O2/c1-21-20-16(15-10-6-7-11-17(15)22(20)2)12-19(24)23(21)18(13-25-21)14-8-4-3-5-9-14/h3-11,18H,12-13H2,1-2H3/t18-,21-/m0/s1. The summed E-state index contributed by atoms with van der Waals surface area (Å²) in [5.41, 5.74) is 3.76. The molecule has 1 aromatic heterocycles. The number of para-hydroxylation sites is 1. The number of hydrogen-bond acceptors (Lipinski definition) is 2. The van der Waals surface area contributed by atoms with Gasteiger partial charge in [0.1, 0.15) is 0 Å². The van der Waals surface area contributed by atoms with Gasteiger partial charge in [-0.15, -0.1) is 0 Å². The number of fused-ring (bicyclic) bond motifs is 5. The third-order valence-electron chi connectivity index (χ3n) is 5.73. The van der Waals surface area contributed by atoms with Gasteiger partial charge in [0, 0.05) is 18.0 Å². The van der Waals surface area contributed by atoms with Gasteiger partial charge in [-0.1, -0.05) is 48.5 Å². The molecule has 2 aliphatic rings. The van der Waals surface area contributed by atoms with E-state index in [4.69, 9.17) is 4.74 Å². The zero-order valence-corrected chi connectivity index (χ0v) is 14.4. The highest BCUT2D eigenvalue weighted by Crippen LogP contribution is 2.49. The van der Waals surface area contributed by atoms with Crippen molar-refractivity contribution in [3.63, 3.8) is 0 Å². The van der Waals surface area contributed by atoms with E-state index in [0.29, 0.717) is 13.0 Å². The number of amides is 1. The van der Waals surface area contributed by atoms with Gasteiger partial charge in [0.2, 0.25) is 5.91 Å². The molecule has 5 rings (SSSR count). The molecule has 0 radical (unpaired) electrons. The first-order chi connectivity index (χ1) is 12.1. The highest BCUT2D eigenvalue weighted by molar-refractivity contribution is 5.93. The van der Waals surface area contributed by atoms with Crippen molar-refractivity contribution in [3.05, 3.63) is 71.4 Å². The lowest BCUT2D eigenvalue weighted by atomic mass is 9.93. The summed E-state index contributed by atoms with van der Waals surface area (Å²) in [6.07, 6.45) is 0.430. The van der Waals surface area contributed by atoms with Crippen LogP contribution in [0, 0.1) is 0 Å². The molecule has 0 N–H and O–H groups in total. The van der Waals surface area contributed by atoms with Gasteiger partial charge in [-0.3, -0.25) is 9.69 Å². The summed E-state index contributed by atoms with van der Waals surface area (Å²) in [6, 6.07) is 18.4. The molecule has 0 aliphatic carbocycles. The van der Waals surface area contributed by atoms with Crippen molar-refractivity contribution in [2.24, 2.45) is 7.05 Å². The third kappa shape index (κ3) is 1.83. The average molecular weight is 332 g/mol. The zero-order valence-electron chi connectivity index (χ0n) is 14.4. The van der Waals surface area contributed by atoms with Crippen molar-refractivity contribution in [1.29, 1.82) is 0 Å². The Morgan fingerprint density at radius 3 is 2.60 bits per heavy atom. The molecule has 2 atom stereocenters. The van der Waals surface area contributed by atoms with Gasteiger partial charge in [-0.05, 0) is 24.1 Å². The number of rotatable bonds is 1. The highest BCUT2D eigenvalue weighted by Gasteiger charge is 2.54. The van der Waals surface area contributed by atoms with Crippen molar-refractivity contribution < 1.29 is 9.53 Å². The number of hydrogen-bond donors (Lipinski definition) is 0.